The molecule has 0 unspecified atom stereocenters. The average molecular weight is 471 g/mol. The number of nitrogens with one attached hydrogen (secondary N) is 1. The van der Waals surface area contributed by atoms with E-state index < -0.39 is 21.5 Å². The molecule has 0 spiro atoms. The topological polar surface area (TPSA) is 88.1 Å². The maximum Gasteiger partial charge on any atom is 0.274 e. The number of hydrogen-bond acceptors (Lipinski definition) is 5. The molecule has 33 heavy (non-hydrogen) atoms. The van der Waals surface area contributed by atoms with Crippen molar-refractivity contribution >= 4 is 32.2 Å². The van der Waals surface area contributed by atoms with Gasteiger partial charge in [0, 0.05) is 48.3 Å². The lowest BCUT2D eigenvalue weighted by Gasteiger charge is -2.26. The van der Waals surface area contributed by atoms with Crippen molar-refractivity contribution in [2.75, 3.05) is 11.2 Å². The van der Waals surface area contributed by atoms with Crippen LogP contribution >= 0.6 is 0 Å². The van der Waals surface area contributed by atoms with Crippen LogP contribution in [0, 0.1) is 18.6 Å². The molecule has 1 aromatic carbocycles. The zero-order valence-corrected chi connectivity index (χ0v) is 18.9. The number of H-pyrrole nitrogens is 1. The second-order valence-corrected chi connectivity index (χ2v) is 10.6. The van der Waals surface area contributed by atoms with Gasteiger partial charge in [0.2, 0.25) is 0 Å². The molecule has 170 valence electrons. The molecular weight excluding hydrogens is 450 g/mol. The lowest BCUT2D eigenvalue weighted by molar-refractivity contribution is 0.571. The number of aromatic amines is 1. The van der Waals surface area contributed by atoms with E-state index in [1.165, 1.54) is 4.57 Å². The number of aromatic nitrogens is 3. The van der Waals surface area contributed by atoms with Crippen molar-refractivity contribution in [3.8, 4) is 11.1 Å². The zero-order chi connectivity index (χ0) is 23.7. The van der Waals surface area contributed by atoms with E-state index in [0.717, 1.165) is 24.1 Å². The van der Waals surface area contributed by atoms with Gasteiger partial charge in [-0.25, -0.2) is 22.2 Å². The van der Waals surface area contributed by atoms with Gasteiger partial charge in [0.05, 0.1) is 24.2 Å². The third kappa shape index (κ3) is 3.50. The monoisotopic (exact) mass is 470 g/mol. The van der Waals surface area contributed by atoms with Crippen LogP contribution in [-0.4, -0.2) is 29.2 Å². The van der Waals surface area contributed by atoms with Crippen molar-refractivity contribution in [2.45, 2.75) is 19.2 Å². The molecule has 4 heterocycles. The molecule has 0 fully saturated rings. The summed E-state index contributed by atoms with van der Waals surface area (Å²) in [4.78, 5) is 21.4. The van der Waals surface area contributed by atoms with Crippen molar-refractivity contribution < 1.29 is 17.2 Å². The van der Waals surface area contributed by atoms with Crippen LogP contribution in [0.1, 0.15) is 16.7 Å². The highest BCUT2D eigenvalue weighted by atomic mass is 32.2. The summed E-state index contributed by atoms with van der Waals surface area (Å²) >= 11 is 0. The SMILES string of the molecule is Cc1cc2c(cc1CS(C)(=O)=O)-c1cn(C)c(=O)c3[nH]cc(c13)CN2c1ncc(F)cc1F. The molecule has 0 amide bonds. The first-order valence-electron chi connectivity index (χ1n) is 10.1. The molecule has 1 N–H and O–H groups in total. The lowest BCUT2D eigenvalue weighted by Crippen LogP contribution is -2.19. The summed E-state index contributed by atoms with van der Waals surface area (Å²) in [5.41, 5.74) is 4.15. The number of anilines is 2. The van der Waals surface area contributed by atoms with E-state index in [2.05, 4.69) is 9.97 Å². The van der Waals surface area contributed by atoms with Crippen molar-refractivity contribution in [3.05, 3.63) is 75.5 Å². The van der Waals surface area contributed by atoms with Gasteiger partial charge in [-0.05, 0) is 35.7 Å². The number of pyridine rings is 2. The molecule has 5 rings (SSSR count). The van der Waals surface area contributed by atoms with Gasteiger partial charge in [-0.15, -0.1) is 0 Å². The maximum atomic E-state index is 14.9. The Balaban J connectivity index is 1.88. The highest BCUT2D eigenvalue weighted by molar-refractivity contribution is 7.89. The minimum absolute atomic E-state index is 0.0678. The largest absolute Gasteiger partial charge is 0.356 e. The molecule has 0 bridgehead atoms. The van der Waals surface area contributed by atoms with E-state index in [1.807, 2.05) is 0 Å². The van der Waals surface area contributed by atoms with Gasteiger partial charge in [-0.3, -0.25) is 4.79 Å². The summed E-state index contributed by atoms with van der Waals surface area (Å²) < 4.78 is 54.0. The van der Waals surface area contributed by atoms with Crippen LogP contribution < -0.4 is 10.5 Å². The van der Waals surface area contributed by atoms with E-state index in [0.29, 0.717) is 38.8 Å². The van der Waals surface area contributed by atoms with E-state index in [4.69, 9.17) is 0 Å². The Morgan fingerprint density at radius 1 is 1.18 bits per heavy atom. The molecule has 0 radical (unpaired) electrons. The van der Waals surface area contributed by atoms with Crippen molar-refractivity contribution in [3.63, 3.8) is 0 Å². The Morgan fingerprint density at radius 3 is 2.64 bits per heavy atom. The van der Waals surface area contributed by atoms with Gasteiger partial charge in [-0.2, -0.15) is 0 Å². The fraction of sp³-hybridized carbons (Fsp3) is 0.217. The number of nitrogens with zero attached hydrogens (tertiary/aromatic N) is 3. The van der Waals surface area contributed by atoms with Crippen LogP contribution in [0.3, 0.4) is 0 Å². The zero-order valence-electron chi connectivity index (χ0n) is 18.1. The molecule has 0 saturated heterocycles. The van der Waals surface area contributed by atoms with E-state index in [9.17, 15) is 22.0 Å². The number of benzene rings is 1. The highest BCUT2D eigenvalue weighted by Gasteiger charge is 2.28. The van der Waals surface area contributed by atoms with Gasteiger partial charge in [0.1, 0.15) is 11.3 Å². The maximum absolute atomic E-state index is 14.9. The number of halogens is 2. The second-order valence-electron chi connectivity index (χ2n) is 8.43. The molecule has 4 aromatic rings. The minimum atomic E-state index is -3.32. The van der Waals surface area contributed by atoms with Crippen molar-refractivity contribution in [1.82, 2.24) is 14.5 Å². The highest BCUT2D eigenvalue weighted by Crippen LogP contribution is 2.44. The second kappa shape index (κ2) is 7.24. The normalized spacial score (nSPS) is 13.3. The first kappa shape index (κ1) is 21.3. The first-order chi connectivity index (χ1) is 15.5. The van der Waals surface area contributed by atoms with Crippen LogP contribution in [0.15, 0.2) is 41.6 Å². The van der Waals surface area contributed by atoms with Crippen LogP contribution in [-0.2, 0) is 29.2 Å². The molecule has 1 aliphatic rings. The fourth-order valence-electron chi connectivity index (χ4n) is 4.43. The molecule has 0 aliphatic carbocycles. The van der Waals surface area contributed by atoms with Gasteiger partial charge in [-0.1, -0.05) is 0 Å². The lowest BCUT2D eigenvalue weighted by atomic mass is 9.97. The molecule has 10 heteroatoms. The Kier molecular flexibility index (Phi) is 4.68. The fourth-order valence-corrected chi connectivity index (χ4v) is 5.30. The van der Waals surface area contributed by atoms with E-state index in [1.54, 1.807) is 43.4 Å². The van der Waals surface area contributed by atoms with Gasteiger partial charge in [0.25, 0.3) is 5.56 Å². The summed E-state index contributed by atoms with van der Waals surface area (Å²) in [6.45, 7) is 1.96. The first-order valence-corrected chi connectivity index (χ1v) is 12.2. The van der Waals surface area contributed by atoms with Crippen LogP contribution in [0.5, 0.6) is 0 Å². The third-order valence-electron chi connectivity index (χ3n) is 5.91. The quantitative estimate of drug-likeness (QED) is 0.493. The minimum Gasteiger partial charge on any atom is -0.356 e. The molecule has 3 aromatic heterocycles. The standard InChI is InChI=1S/C23H20F2N4O3S/c1-12-4-19-16(5-13(12)11-33(3,31)32)17-10-28(2)23(30)21-20(17)14(7-26-21)9-29(19)22-18(25)6-15(24)8-27-22/h4-8,10,26H,9,11H2,1-3H3. The molecule has 0 atom stereocenters. The molecule has 7 nitrogen and oxygen atoms in total. The number of sulfone groups is 1. The number of rotatable bonds is 3. The third-order valence-corrected chi connectivity index (χ3v) is 6.75. The van der Waals surface area contributed by atoms with Crippen LogP contribution in [0.4, 0.5) is 20.3 Å². The van der Waals surface area contributed by atoms with Crippen molar-refractivity contribution in [1.29, 1.82) is 0 Å². The Hall–Kier alpha value is -3.53. The summed E-state index contributed by atoms with van der Waals surface area (Å²) in [6, 6.07) is 4.32. The Labute approximate surface area is 188 Å². The summed E-state index contributed by atoms with van der Waals surface area (Å²) in [5, 5.41) is 0.679. The average Bonchev–Trinajstić information content (AvgIpc) is 3.09. The van der Waals surface area contributed by atoms with Gasteiger partial charge in [0.15, 0.2) is 21.5 Å². The molecular formula is C23H20F2N4O3S. The van der Waals surface area contributed by atoms with E-state index >= 15 is 0 Å². The number of fused-ring (bicyclic) bond motifs is 2. The molecule has 1 aliphatic heterocycles. The van der Waals surface area contributed by atoms with Crippen molar-refractivity contribution in [2.24, 2.45) is 7.05 Å². The molecule has 0 saturated carbocycles. The van der Waals surface area contributed by atoms with Gasteiger partial charge >= 0.3 is 0 Å². The summed E-state index contributed by atoms with van der Waals surface area (Å²) in [5.74, 6) is -1.85. The number of aryl methyl sites for hydroxylation is 2. The van der Waals surface area contributed by atoms with E-state index in [-0.39, 0.29) is 23.7 Å². The van der Waals surface area contributed by atoms with Gasteiger partial charge < -0.3 is 14.5 Å². The Morgan fingerprint density at radius 2 is 1.94 bits per heavy atom. The number of hydrogen-bond donors (Lipinski definition) is 1. The van der Waals surface area contributed by atoms with Crippen LogP contribution in [0.2, 0.25) is 0 Å². The summed E-state index contributed by atoms with van der Waals surface area (Å²) in [6.07, 6.45) is 5.50. The summed E-state index contributed by atoms with van der Waals surface area (Å²) in [7, 11) is -1.69. The smallest absolute Gasteiger partial charge is 0.274 e. The van der Waals surface area contributed by atoms with Crippen LogP contribution in [0.25, 0.3) is 22.0 Å². The Bertz CT molecular complexity index is 1620. The predicted molar refractivity (Wildman–Crippen MR) is 122 cm³/mol. The predicted octanol–water partition coefficient (Wildman–Crippen LogP) is 3.71.